The molecule has 1 aliphatic heterocycles. The van der Waals surface area contributed by atoms with E-state index in [4.69, 9.17) is 9.47 Å². The third kappa shape index (κ3) is 2.72. The molecule has 1 saturated heterocycles. The van der Waals surface area contributed by atoms with Crippen LogP contribution in [0.2, 0.25) is 0 Å². The molecule has 0 saturated carbocycles. The summed E-state index contributed by atoms with van der Waals surface area (Å²) < 4.78 is 35.4. The van der Waals surface area contributed by atoms with Crippen LogP contribution in [0.15, 0.2) is 24.5 Å². The molecule has 22 heavy (non-hydrogen) atoms. The highest BCUT2D eigenvalue weighted by atomic mass is 32.2. The second kappa shape index (κ2) is 5.71. The van der Waals surface area contributed by atoms with Crippen molar-refractivity contribution in [2.45, 2.75) is 6.29 Å². The Morgan fingerprint density at radius 3 is 2.77 bits per heavy atom. The number of aromatic nitrogens is 2. The summed E-state index contributed by atoms with van der Waals surface area (Å²) in [4.78, 5) is 4.27. The van der Waals surface area contributed by atoms with Crippen molar-refractivity contribution in [3.05, 3.63) is 30.1 Å². The number of pyridine rings is 1. The van der Waals surface area contributed by atoms with E-state index in [0.717, 1.165) is 22.9 Å². The predicted molar refractivity (Wildman–Crippen MR) is 84.2 cm³/mol. The first-order valence-corrected chi connectivity index (χ1v) is 8.65. The van der Waals surface area contributed by atoms with E-state index in [1.165, 1.54) is 10.2 Å². The molecule has 0 radical (unpaired) electrons. The summed E-state index contributed by atoms with van der Waals surface area (Å²) in [5.74, 6) is 0. The minimum absolute atomic E-state index is 0.346. The number of hydrogen-bond acceptors (Lipinski definition) is 6. The SMILES string of the molecule is CNc1c(C=CC2OCCO2)cnc2c1ccn2S(C)(=O)=O. The fourth-order valence-corrected chi connectivity index (χ4v) is 3.16. The van der Waals surface area contributed by atoms with Crippen molar-refractivity contribution in [3.8, 4) is 0 Å². The van der Waals surface area contributed by atoms with Gasteiger partial charge in [-0.05, 0) is 12.1 Å². The Labute approximate surface area is 128 Å². The average Bonchev–Trinajstić information content (AvgIpc) is 3.12. The number of hydrogen-bond donors (Lipinski definition) is 1. The molecule has 2 aromatic rings. The number of nitrogens with zero attached hydrogens (tertiary/aromatic N) is 2. The number of anilines is 1. The Bertz CT molecular complexity index is 820. The second-order valence-corrected chi connectivity index (χ2v) is 6.78. The van der Waals surface area contributed by atoms with Crippen LogP contribution in [-0.4, -0.2) is 50.2 Å². The average molecular weight is 323 g/mol. The van der Waals surface area contributed by atoms with Crippen LogP contribution in [0, 0.1) is 0 Å². The Kier molecular flexibility index (Phi) is 3.90. The van der Waals surface area contributed by atoms with Gasteiger partial charge in [-0.3, -0.25) is 0 Å². The Morgan fingerprint density at radius 2 is 2.14 bits per heavy atom. The molecule has 0 atom stereocenters. The fraction of sp³-hybridized carbons (Fsp3) is 0.357. The van der Waals surface area contributed by atoms with Crippen molar-refractivity contribution in [3.63, 3.8) is 0 Å². The Morgan fingerprint density at radius 1 is 1.41 bits per heavy atom. The summed E-state index contributed by atoms with van der Waals surface area (Å²) >= 11 is 0. The number of rotatable bonds is 4. The van der Waals surface area contributed by atoms with E-state index < -0.39 is 10.0 Å². The summed E-state index contributed by atoms with van der Waals surface area (Å²) in [6.07, 6.45) is 7.60. The van der Waals surface area contributed by atoms with Gasteiger partial charge >= 0.3 is 0 Å². The molecule has 1 aliphatic rings. The molecule has 2 aromatic heterocycles. The molecule has 3 heterocycles. The molecule has 7 nitrogen and oxygen atoms in total. The van der Waals surface area contributed by atoms with Gasteiger partial charge in [0.05, 0.1) is 25.2 Å². The zero-order chi connectivity index (χ0) is 15.7. The highest BCUT2D eigenvalue weighted by molar-refractivity contribution is 7.89. The summed E-state index contributed by atoms with van der Waals surface area (Å²) in [5, 5.41) is 3.84. The zero-order valence-corrected chi connectivity index (χ0v) is 13.1. The van der Waals surface area contributed by atoms with E-state index in [9.17, 15) is 8.42 Å². The van der Waals surface area contributed by atoms with Gasteiger partial charge in [0, 0.05) is 30.4 Å². The Balaban J connectivity index is 2.05. The minimum atomic E-state index is -3.38. The second-order valence-electron chi connectivity index (χ2n) is 4.92. The summed E-state index contributed by atoms with van der Waals surface area (Å²) in [5.41, 5.74) is 2.04. The summed E-state index contributed by atoms with van der Waals surface area (Å²) in [6.45, 7) is 1.17. The van der Waals surface area contributed by atoms with Crippen LogP contribution < -0.4 is 5.32 Å². The maximum absolute atomic E-state index is 11.7. The first-order valence-electron chi connectivity index (χ1n) is 6.80. The van der Waals surface area contributed by atoms with Crippen LogP contribution in [0.4, 0.5) is 5.69 Å². The standard InChI is InChI=1S/C14H17N3O4S/c1-15-13-10(3-4-12-20-7-8-21-12)9-16-14-11(13)5-6-17(14)22(2,18)19/h3-6,9,12H,7-8H2,1-2H3,(H,15,16). The molecule has 0 bridgehead atoms. The first kappa shape index (κ1) is 15.0. The molecule has 118 valence electrons. The smallest absolute Gasteiger partial charge is 0.237 e. The third-order valence-electron chi connectivity index (χ3n) is 3.40. The van der Waals surface area contributed by atoms with Gasteiger partial charge in [0.1, 0.15) is 0 Å². The van der Waals surface area contributed by atoms with E-state index in [1.807, 2.05) is 12.2 Å². The van der Waals surface area contributed by atoms with Gasteiger partial charge in [-0.25, -0.2) is 17.4 Å². The fourth-order valence-electron chi connectivity index (χ4n) is 2.42. The highest BCUT2D eigenvalue weighted by Crippen LogP contribution is 2.28. The third-order valence-corrected chi connectivity index (χ3v) is 4.41. The molecule has 0 spiro atoms. The largest absolute Gasteiger partial charge is 0.387 e. The van der Waals surface area contributed by atoms with Crippen LogP contribution in [-0.2, 0) is 19.5 Å². The summed E-state index contributed by atoms with van der Waals surface area (Å²) in [6, 6.07) is 1.73. The van der Waals surface area contributed by atoms with Gasteiger partial charge in [-0.1, -0.05) is 6.08 Å². The van der Waals surface area contributed by atoms with Crippen molar-refractivity contribution in [2.24, 2.45) is 0 Å². The molecule has 1 N–H and O–H groups in total. The topological polar surface area (TPSA) is 82.4 Å². The lowest BCUT2D eigenvalue weighted by Crippen LogP contribution is -2.09. The van der Waals surface area contributed by atoms with Gasteiger partial charge in [-0.15, -0.1) is 0 Å². The van der Waals surface area contributed by atoms with Crippen LogP contribution in [0.1, 0.15) is 5.56 Å². The number of ether oxygens (including phenoxy) is 2. The number of fused-ring (bicyclic) bond motifs is 1. The molecular formula is C14H17N3O4S. The predicted octanol–water partition coefficient (Wildman–Crippen LogP) is 1.27. The highest BCUT2D eigenvalue weighted by Gasteiger charge is 2.16. The molecule has 1 fully saturated rings. The van der Waals surface area contributed by atoms with Crippen LogP contribution in [0.5, 0.6) is 0 Å². The zero-order valence-electron chi connectivity index (χ0n) is 12.3. The van der Waals surface area contributed by atoms with Gasteiger partial charge in [0.25, 0.3) is 0 Å². The monoisotopic (exact) mass is 323 g/mol. The lowest BCUT2D eigenvalue weighted by molar-refractivity contribution is -0.000906. The van der Waals surface area contributed by atoms with Crippen LogP contribution >= 0.6 is 0 Å². The normalized spacial score (nSPS) is 16.8. The van der Waals surface area contributed by atoms with E-state index in [2.05, 4.69) is 10.3 Å². The van der Waals surface area contributed by atoms with E-state index in [-0.39, 0.29) is 6.29 Å². The maximum atomic E-state index is 11.7. The molecule has 0 aliphatic carbocycles. The van der Waals surface area contributed by atoms with Crippen LogP contribution in [0.3, 0.4) is 0 Å². The van der Waals surface area contributed by atoms with Crippen LogP contribution in [0.25, 0.3) is 17.1 Å². The van der Waals surface area contributed by atoms with Gasteiger partial charge in [0.2, 0.25) is 10.0 Å². The lowest BCUT2D eigenvalue weighted by Gasteiger charge is -2.09. The van der Waals surface area contributed by atoms with Gasteiger partial charge in [-0.2, -0.15) is 0 Å². The van der Waals surface area contributed by atoms with E-state index in [1.54, 1.807) is 19.3 Å². The quantitative estimate of drug-likeness (QED) is 0.912. The first-order chi connectivity index (χ1) is 10.5. The van der Waals surface area contributed by atoms with E-state index >= 15 is 0 Å². The van der Waals surface area contributed by atoms with Gasteiger partial charge in [0.15, 0.2) is 11.9 Å². The summed E-state index contributed by atoms with van der Waals surface area (Å²) in [7, 11) is -1.60. The number of nitrogens with one attached hydrogen (secondary N) is 1. The van der Waals surface area contributed by atoms with E-state index in [0.29, 0.717) is 18.9 Å². The van der Waals surface area contributed by atoms with Crippen molar-refractivity contribution in [2.75, 3.05) is 31.8 Å². The molecular weight excluding hydrogens is 306 g/mol. The van der Waals surface area contributed by atoms with Crippen molar-refractivity contribution in [1.29, 1.82) is 0 Å². The molecule has 3 rings (SSSR count). The molecule has 8 heteroatoms. The van der Waals surface area contributed by atoms with Crippen molar-refractivity contribution in [1.82, 2.24) is 8.96 Å². The van der Waals surface area contributed by atoms with Crippen molar-refractivity contribution < 1.29 is 17.9 Å². The molecule has 0 unspecified atom stereocenters. The molecule has 0 aromatic carbocycles. The molecule has 0 amide bonds. The Hall–Kier alpha value is -1.90. The van der Waals surface area contributed by atoms with Gasteiger partial charge < -0.3 is 14.8 Å². The maximum Gasteiger partial charge on any atom is 0.237 e. The minimum Gasteiger partial charge on any atom is -0.387 e. The van der Waals surface area contributed by atoms with Crippen molar-refractivity contribution >= 4 is 32.8 Å². The lowest BCUT2D eigenvalue weighted by atomic mass is 10.1.